The van der Waals surface area contributed by atoms with Crippen LogP contribution in [0.1, 0.15) is 17.2 Å². The van der Waals surface area contributed by atoms with Gasteiger partial charge in [-0.25, -0.2) is 4.98 Å². The van der Waals surface area contributed by atoms with E-state index in [1.165, 1.54) is 0 Å². The van der Waals surface area contributed by atoms with Gasteiger partial charge < -0.3 is 10.5 Å². The molecule has 2 N–H and O–H groups in total. The molecule has 1 aromatic carbocycles. The van der Waals surface area contributed by atoms with Crippen LogP contribution in [0, 0.1) is 0 Å². The van der Waals surface area contributed by atoms with Gasteiger partial charge in [0.05, 0.1) is 12.7 Å². The van der Waals surface area contributed by atoms with Crippen LogP contribution < -0.4 is 5.73 Å². The van der Waals surface area contributed by atoms with Crippen molar-refractivity contribution in [1.82, 2.24) is 9.88 Å². The SMILES string of the molecule is Nc1ncccc1CN1CCOC(c2cccc(Cl)c2)C1. The molecule has 1 saturated heterocycles. The van der Waals surface area contributed by atoms with Crippen molar-refractivity contribution in [3.8, 4) is 0 Å². The van der Waals surface area contributed by atoms with Gasteiger partial charge in [-0.1, -0.05) is 29.8 Å². The summed E-state index contributed by atoms with van der Waals surface area (Å²) in [6.45, 7) is 3.22. The van der Waals surface area contributed by atoms with Gasteiger partial charge in [0, 0.05) is 36.4 Å². The molecule has 2 aromatic rings. The van der Waals surface area contributed by atoms with Gasteiger partial charge in [-0.05, 0) is 23.8 Å². The van der Waals surface area contributed by atoms with Gasteiger partial charge in [0.25, 0.3) is 0 Å². The number of nitrogens with two attached hydrogens (primary N) is 1. The number of morpholine rings is 1. The van der Waals surface area contributed by atoms with E-state index in [0.29, 0.717) is 12.4 Å². The molecule has 1 aliphatic heterocycles. The molecule has 110 valence electrons. The lowest BCUT2D eigenvalue weighted by Crippen LogP contribution is -2.38. The molecule has 1 unspecified atom stereocenters. The number of nitrogen functional groups attached to an aromatic ring is 1. The number of aromatic nitrogens is 1. The summed E-state index contributed by atoms with van der Waals surface area (Å²) in [5.74, 6) is 0.600. The van der Waals surface area contributed by atoms with Gasteiger partial charge in [-0.3, -0.25) is 4.90 Å². The molecule has 3 rings (SSSR count). The molecule has 0 spiro atoms. The van der Waals surface area contributed by atoms with Crippen molar-refractivity contribution >= 4 is 17.4 Å². The highest BCUT2D eigenvalue weighted by Gasteiger charge is 2.22. The van der Waals surface area contributed by atoms with Crippen LogP contribution in [0.2, 0.25) is 5.02 Å². The number of halogens is 1. The predicted molar refractivity (Wildman–Crippen MR) is 84.1 cm³/mol. The van der Waals surface area contributed by atoms with Crippen LogP contribution in [0.25, 0.3) is 0 Å². The minimum atomic E-state index is 0.0512. The number of benzene rings is 1. The van der Waals surface area contributed by atoms with Crippen LogP contribution in [0.15, 0.2) is 42.6 Å². The first-order chi connectivity index (χ1) is 10.2. The van der Waals surface area contributed by atoms with Crippen molar-refractivity contribution in [3.05, 3.63) is 58.7 Å². The molecule has 5 heteroatoms. The first kappa shape index (κ1) is 14.3. The minimum Gasteiger partial charge on any atom is -0.383 e. The number of hydrogen-bond acceptors (Lipinski definition) is 4. The smallest absolute Gasteiger partial charge is 0.127 e. The molecule has 0 bridgehead atoms. The Kier molecular flexibility index (Phi) is 4.39. The van der Waals surface area contributed by atoms with E-state index in [2.05, 4.69) is 16.0 Å². The van der Waals surface area contributed by atoms with E-state index in [4.69, 9.17) is 22.1 Å². The average Bonchev–Trinajstić information content (AvgIpc) is 2.50. The summed E-state index contributed by atoms with van der Waals surface area (Å²) in [6, 6.07) is 11.8. The molecular formula is C16H18ClN3O. The number of ether oxygens (including phenoxy) is 1. The lowest BCUT2D eigenvalue weighted by molar-refractivity contribution is -0.0328. The standard InChI is InChI=1S/C16H18ClN3O/c17-14-5-1-3-12(9-14)15-11-20(7-8-21-15)10-13-4-2-6-19-16(13)18/h1-6,9,15H,7-8,10-11H2,(H2,18,19). The van der Waals surface area contributed by atoms with Gasteiger partial charge in [0.2, 0.25) is 0 Å². The Balaban J connectivity index is 1.70. The average molecular weight is 304 g/mol. The van der Waals surface area contributed by atoms with Crippen molar-refractivity contribution in [2.45, 2.75) is 12.6 Å². The molecule has 2 heterocycles. The minimum absolute atomic E-state index is 0.0512. The fraction of sp³-hybridized carbons (Fsp3) is 0.312. The molecule has 0 amide bonds. The fourth-order valence-corrected chi connectivity index (χ4v) is 2.78. The monoisotopic (exact) mass is 303 g/mol. The van der Waals surface area contributed by atoms with E-state index in [-0.39, 0.29) is 6.10 Å². The van der Waals surface area contributed by atoms with Crippen LogP contribution >= 0.6 is 11.6 Å². The van der Waals surface area contributed by atoms with Crippen LogP contribution in [0.3, 0.4) is 0 Å². The highest BCUT2D eigenvalue weighted by molar-refractivity contribution is 6.30. The highest BCUT2D eigenvalue weighted by Crippen LogP contribution is 2.25. The third-order valence-corrected chi connectivity index (χ3v) is 3.93. The third kappa shape index (κ3) is 3.53. The maximum atomic E-state index is 6.06. The van der Waals surface area contributed by atoms with E-state index in [0.717, 1.165) is 35.8 Å². The Morgan fingerprint density at radius 1 is 1.33 bits per heavy atom. The molecule has 1 atom stereocenters. The fourth-order valence-electron chi connectivity index (χ4n) is 2.58. The molecule has 4 nitrogen and oxygen atoms in total. The maximum absolute atomic E-state index is 6.06. The van der Waals surface area contributed by atoms with Crippen molar-refractivity contribution in [2.75, 3.05) is 25.4 Å². The van der Waals surface area contributed by atoms with Crippen molar-refractivity contribution < 1.29 is 4.74 Å². The van der Waals surface area contributed by atoms with Gasteiger partial charge in [0.15, 0.2) is 0 Å². The predicted octanol–water partition coefficient (Wildman–Crippen LogP) is 2.89. The summed E-state index contributed by atoms with van der Waals surface area (Å²) < 4.78 is 5.87. The van der Waals surface area contributed by atoms with Gasteiger partial charge in [-0.2, -0.15) is 0 Å². The molecule has 21 heavy (non-hydrogen) atoms. The van der Waals surface area contributed by atoms with Crippen molar-refractivity contribution in [1.29, 1.82) is 0 Å². The molecule has 0 aliphatic carbocycles. The maximum Gasteiger partial charge on any atom is 0.127 e. The van der Waals surface area contributed by atoms with Crippen molar-refractivity contribution in [3.63, 3.8) is 0 Å². The summed E-state index contributed by atoms with van der Waals surface area (Å²) in [7, 11) is 0. The van der Waals surface area contributed by atoms with E-state index < -0.39 is 0 Å². The normalized spacial score (nSPS) is 19.6. The summed E-state index contributed by atoms with van der Waals surface area (Å²) >= 11 is 6.06. The summed E-state index contributed by atoms with van der Waals surface area (Å²) in [5, 5.41) is 0.740. The Labute approximate surface area is 129 Å². The van der Waals surface area contributed by atoms with E-state index >= 15 is 0 Å². The van der Waals surface area contributed by atoms with E-state index in [1.54, 1.807) is 6.20 Å². The zero-order chi connectivity index (χ0) is 14.7. The topological polar surface area (TPSA) is 51.4 Å². The van der Waals surface area contributed by atoms with E-state index in [9.17, 15) is 0 Å². The number of pyridine rings is 1. The molecule has 1 aliphatic rings. The largest absolute Gasteiger partial charge is 0.383 e. The Morgan fingerprint density at radius 3 is 3.05 bits per heavy atom. The second-order valence-corrected chi connectivity index (χ2v) is 5.63. The number of anilines is 1. The molecule has 1 aromatic heterocycles. The summed E-state index contributed by atoms with van der Waals surface area (Å²) in [5.41, 5.74) is 8.09. The Morgan fingerprint density at radius 2 is 2.24 bits per heavy atom. The zero-order valence-corrected chi connectivity index (χ0v) is 12.5. The molecule has 0 radical (unpaired) electrons. The molecule has 1 fully saturated rings. The zero-order valence-electron chi connectivity index (χ0n) is 11.7. The lowest BCUT2D eigenvalue weighted by Gasteiger charge is -2.33. The highest BCUT2D eigenvalue weighted by atomic mass is 35.5. The molecular weight excluding hydrogens is 286 g/mol. The second kappa shape index (κ2) is 6.43. The van der Waals surface area contributed by atoms with Crippen LogP contribution in [-0.4, -0.2) is 29.6 Å². The van der Waals surface area contributed by atoms with Crippen LogP contribution in [0.4, 0.5) is 5.82 Å². The third-order valence-electron chi connectivity index (χ3n) is 3.69. The first-order valence-electron chi connectivity index (χ1n) is 7.01. The van der Waals surface area contributed by atoms with E-state index in [1.807, 2.05) is 30.3 Å². The lowest BCUT2D eigenvalue weighted by atomic mass is 10.1. The van der Waals surface area contributed by atoms with Crippen molar-refractivity contribution in [2.24, 2.45) is 0 Å². The van der Waals surface area contributed by atoms with Gasteiger partial charge in [0.1, 0.15) is 5.82 Å². The first-order valence-corrected chi connectivity index (χ1v) is 7.39. The Bertz CT molecular complexity index is 620. The number of hydrogen-bond donors (Lipinski definition) is 1. The van der Waals surface area contributed by atoms with Gasteiger partial charge >= 0.3 is 0 Å². The van der Waals surface area contributed by atoms with Crippen LogP contribution in [0.5, 0.6) is 0 Å². The quantitative estimate of drug-likeness (QED) is 0.947. The Hall–Kier alpha value is -1.62. The number of nitrogens with zero attached hydrogens (tertiary/aromatic N) is 2. The van der Waals surface area contributed by atoms with Gasteiger partial charge in [-0.15, -0.1) is 0 Å². The summed E-state index contributed by atoms with van der Waals surface area (Å²) in [6.07, 6.45) is 1.77. The second-order valence-electron chi connectivity index (χ2n) is 5.20. The number of rotatable bonds is 3. The van der Waals surface area contributed by atoms with Crippen LogP contribution in [-0.2, 0) is 11.3 Å². The molecule has 0 saturated carbocycles. The summed E-state index contributed by atoms with van der Waals surface area (Å²) in [4.78, 5) is 6.47.